The highest BCUT2D eigenvalue weighted by atomic mass is 16.5. The van der Waals surface area contributed by atoms with Crippen LogP contribution in [-0.4, -0.2) is 21.2 Å². The van der Waals surface area contributed by atoms with E-state index in [0.717, 1.165) is 18.8 Å². The van der Waals surface area contributed by atoms with E-state index in [1.54, 1.807) is 12.4 Å². The first-order chi connectivity index (χ1) is 8.19. The van der Waals surface area contributed by atoms with Crippen molar-refractivity contribution in [1.29, 1.82) is 0 Å². The minimum Gasteiger partial charge on any atom is -0.473 e. The third-order valence-corrected chi connectivity index (χ3v) is 3.68. The number of rotatable bonds is 3. The van der Waals surface area contributed by atoms with Gasteiger partial charge in [-0.05, 0) is 31.1 Å². The van der Waals surface area contributed by atoms with Gasteiger partial charge in [-0.2, -0.15) is 0 Å². The maximum absolute atomic E-state index is 8.87. The van der Waals surface area contributed by atoms with Crippen molar-refractivity contribution in [3.63, 3.8) is 0 Å². The molecule has 1 heterocycles. The summed E-state index contributed by atoms with van der Waals surface area (Å²) in [5.74, 6) is 2.06. The Hall–Kier alpha value is -1.16. The Morgan fingerprint density at radius 2 is 2.06 bits per heavy atom. The van der Waals surface area contributed by atoms with Gasteiger partial charge in [0.15, 0.2) is 0 Å². The first-order valence-electron chi connectivity index (χ1n) is 6.27. The van der Waals surface area contributed by atoms with Crippen LogP contribution in [0.4, 0.5) is 0 Å². The van der Waals surface area contributed by atoms with Crippen LogP contribution in [0.25, 0.3) is 0 Å². The highest BCUT2D eigenvalue weighted by Gasteiger charge is 2.25. The van der Waals surface area contributed by atoms with Crippen molar-refractivity contribution in [3.05, 3.63) is 18.1 Å². The molecule has 0 saturated heterocycles. The maximum atomic E-state index is 8.87. The van der Waals surface area contributed by atoms with Gasteiger partial charge in [-0.15, -0.1) is 0 Å². The van der Waals surface area contributed by atoms with E-state index in [1.165, 1.54) is 6.42 Å². The molecule has 1 aromatic rings. The van der Waals surface area contributed by atoms with Crippen molar-refractivity contribution in [2.45, 2.75) is 45.8 Å². The summed E-state index contributed by atoms with van der Waals surface area (Å²) in [7, 11) is 0. The lowest BCUT2D eigenvalue weighted by molar-refractivity contribution is 0.0959. The molecule has 0 amide bonds. The van der Waals surface area contributed by atoms with Gasteiger partial charge in [0.2, 0.25) is 5.88 Å². The predicted octanol–water partition coefficient (Wildman–Crippen LogP) is 2.17. The second-order valence-electron chi connectivity index (χ2n) is 5.01. The third-order valence-electron chi connectivity index (χ3n) is 3.68. The van der Waals surface area contributed by atoms with Crippen molar-refractivity contribution in [1.82, 2.24) is 9.97 Å². The van der Waals surface area contributed by atoms with E-state index in [-0.39, 0.29) is 12.7 Å². The zero-order chi connectivity index (χ0) is 12.3. The molecule has 1 aliphatic rings. The molecule has 4 nitrogen and oxygen atoms in total. The van der Waals surface area contributed by atoms with Gasteiger partial charge >= 0.3 is 0 Å². The summed E-state index contributed by atoms with van der Waals surface area (Å²) < 4.78 is 5.82. The van der Waals surface area contributed by atoms with E-state index in [2.05, 4.69) is 23.8 Å². The van der Waals surface area contributed by atoms with Gasteiger partial charge in [-0.3, -0.25) is 4.98 Å². The van der Waals surface area contributed by atoms with Gasteiger partial charge in [-0.1, -0.05) is 13.8 Å². The number of aliphatic hydroxyl groups is 1. The van der Waals surface area contributed by atoms with Crippen LogP contribution < -0.4 is 4.74 Å². The molecular formula is C13H20N2O2. The summed E-state index contributed by atoms with van der Waals surface area (Å²) in [4.78, 5) is 8.20. The molecule has 3 atom stereocenters. The minimum absolute atomic E-state index is 0.0781. The van der Waals surface area contributed by atoms with Crippen LogP contribution >= 0.6 is 0 Å². The molecule has 0 bridgehead atoms. The molecule has 1 saturated carbocycles. The Morgan fingerprint density at radius 1 is 1.24 bits per heavy atom. The standard InChI is InChI=1S/C13H20N2O2/c1-9-3-4-12(5-10(9)2)17-13-7-14-11(8-16)6-15-13/h6-7,9-10,12,16H,3-5,8H2,1-2H3. The topological polar surface area (TPSA) is 55.2 Å². The van der Waals surface area contributed by atoms with Gasteiger partial charge < -0.3 is 9.84 Å². The minimum atomic E-state index is -0.0781. The van der Waals surface area contributed by atoms with Crippen LogP contribution in [0, 0.1) is 11.8 Å². The van der Waals surface area contributed by atoms with E-state index in [1.807, 2.05) is 0 Å². The number of aromatic nitrogens is 2. The van der Waals surface area contributed by atoms with Gasteiger partial charge in [0.05, 0.1) is 24.7 Å². The van der Waals surface area contributed by atoms with Crippen LogP contribution in [-0.2, 0) is 6.61 Å². The number of hydrogen-bond acceptors (Lipinski definition) is 4. The molecule has 0 aromatic carbocycles. The second kappa shape index (κ2) is 5.45. The lowest BCUT2D eigenvalue weighted by atomic mass is 9.80. The van der Waals surface area contributed by atoms with Crippen LogP contribution in [0.1, 0.15) is 38.8 Å². The number of aliphatic hydroxyl groups excluding tert-OH is 1. The first-order valence-corrected chi connectivity index (χ1v) is 6.27. The van der Waals surface area contributed by atoms with Crippen LogP contribution in [0.5, 0.6) is 5.88 Å². The molecule has 4 heteroatoms. The van der Waals surface area contributed by atoms with Crippen molar-refractivity contribution < 1.29 is 9.84 Å². The molecule has 0 spiro atoms. The zero-order valence-electron chi connectivity index (χ0n) is 10.5. The van der Waals surface area contributed by atoms with E-state index < -0.39 is 0 Å². The Morgan fingerprint density at radius 3 is 2.65 bits per heavy atom. The Labute approximate surface area is 102 Å². The summed E-state index contributed by atoms with van der Waals surface area (Å²) in [6.45, 7) is 4.50. The van der Waals surface area contributed by atoms with Gasteiger partial charge in [-0.25, -0.2) is 4.98 Å². The highest BCUT2D eigenvalue weighted by molar-refractivity contribution is 5.07. The first kappa shape index (κ1) is 12.3. The molecule has 2 rings (SSSR count). The zero-order valence-corrected chi connectivity index (χ0v) is 10.5. The molecule has 1 aliphatic carbocycles. The summed E-state index contributed by atoms with van der Waals surface area (Å²) >= 11 is 0. The van der Waals surface area contributed by atoms with Gasteiger partial charge in [0, 0.05) is 0 Å². The predicted molar refractivity (Wildman–Crippen MR) is 64.5 cm³/mol. The van der Waals surface area contributed by atoms with E-state index in [4.69, 9.17) is 9.84 Å². The molecule has 1 aromatic heterocycles. The molecule has 17 heavy (non-hydrogen) atoms. The van der Waals surface area contributed by atoms with Crippen LogP contribution in [0.15, 0.2) is 12.4 Å². The Kier molecular flexibility index (Phi) is 3.94. The quantitative estimate of drug-likeness (QED) is 0.874. The highest BCUT2D eigenvalue weighted by Crippen LogP contribution is 2.31. The molecule has 1 N–H and O–H groups in total. The number of ether oxygens (including phenoxy) is 1. The van der Waals surface area contributed by atoms with Gasteiger partial charge in [0.25, 0.3) is 0 Å². The molecule has 94 valence electrons. The molecule has 0 aliphatic heterocycles. The van der Waals surface area contributed by atoms with E-state index in [9.17, 15) is 0 Å². The largest absolute Gasteiger partial charge is 0.473 e. The van der Waals surface area contributed by atoms with Crippen molar-refractivity contribution in [3.8, 4) is 5.88 Å². The van der Waals surface area contributed by atoms with Gasteiger partial charge in [0.1, 0.15) is 6.10 Å². The summed E-state index contributed by atoms with van der Waals surface area (Å²) in [5, 5.41) is 8.87. The molecule has 0 radical (unpaired) electrons. The SMILES string of the molecule is CC1CCC(Oc2cnc(CO)cn2)CC1C. The smallest absolute Gasteiger partial charge is 0.232 e. The Balaban J connectivity index is 1.92. The monoisotopic (exact) mass is 236 g/mol. The van der Waals surface area contributed by atoms with Crippen molar-refractivity contribution >= 4 is 0 Å². The second-order valence-corrected chi connectivity index (χ2v) is 5.01. The van der Waals surface area contributed by atoms with E-state index in [0.29, 0.717) is 17.5 Å². The molecular weight excluding hydrogens is 216 g/mol. The maximum Gasteiger partial charge on any atom is 0.232 e. The summed E-state index contributed by atoms with van der Waals surface area (Å²) in [6.07, 6.45) is 6.81. The fraction of sp³-hybridized carbons (Fsp3) is 0.692. The third kappa shape index (κ3) is 3.16. The average Bonchev–Trinajstić information content (AvgIpc) is 2.35. The van der Waals surface area contributed by atoms with Crippen LogP contribution in [0.2, 0.25) is 0 Å². The summed E-state index contributed by atoms with van der Waals surface area (Å²) in [5.41, 5.74) is 0.572. The normalized spacial score (nSPS) is 29.0. The Bertz CT molecular complexity index is 353. The van der Waals surface area contributed by atoms with Crippen molar-refractivity contribution in [2.24, 2.45) is 11.8 Å². The van der Waals surface area contributed by atoms with E-state index >= 15 is 0 Å². The summed E-state index contributed by atoms with van der Waals surface area (Å²) in [6, 6.07) is 0. The lowest BCUT2D eigenvalue weighted by Crippen LogP contribution is -2.29. The van der Waals surface area contributed by atoms with Crippen LogP contribution in [0.3, 0.4) is 0 Å². The van der Waals surface area contributed by atoms with Crippen molar-refractivity contribution in [2.75, 3.05) is 0 Å². The number of nitrogens with zero attached hydrogens (tertiary/aromatic N) is 2. The molecule has 3 unspecified atom stereocenters. The fourth-order valence-electron chi connectivity index (χ4n) is 2.26. The molecule has 1 fully saturated rings. The number of hydrogen-bond donors (Lipinski definition) is 1. The lowest BCUT2D eigenvalue weighted by Gasteiger charge is -2.31. The fourth-order valence-corrected chi connectivity index (χ4v) is 2.26. The average molecular weight is 236 g/mol.